The van der Waals surface area contributed by atoms with Crippen LogP contribution in [0.4, 0.5) is 4.39 Å². The smallest absolute Gasteiger partial charge is 0.252 e. The summed E-state index contributed by atoms with van der Waals surface area (Å²) in [6.07, 6.45) is 6.06. The quantitative estimate of drug-likeness (QED) is 0.387. The highest BCUT2D eigenvalue weighted by Gasteiger charge is 2.41. The fourth-order valence-corrected chi connectivity index (χ4v) is 6.39. The SMILES string of the molecule is O=C(NC1C[C@H]2CC[C@@H](C1)N2Cc1ccc2cc(F)ccc2c1)c1ccccc1-c1nccs1. The molecule has 3 aromatic carbocycles. The first-order chi connectivity index (χ1) is 16.6. The molecule has 3 atom stereocenters. The number of benzene rings is 3. The van der Waals surface area contributed by atoms with Crippen LogP contribution in [0.25, 0.3) is 21.3 Å². The molecule has 4 nitrogen and oxygen atoms in total. The van der Waals surface area contributed by atoms with E-state index in [1.807, 2.05) is 41.8 Å². The second kappa shape index (κ2) is 8.93. The Bertz CT molecular complexity index is 1320. The highest BCUT2D eigenvalue weighted by Crippen LogP contribution is 2.37. The molecule has 172 valence electrons. The Morgan fingerprint density at radius 3 is 2.59 bits per heavy atom. The predicted octanol–water partition coefficient (Wildman–Crippen LogP) is 6.03. The summed E-state index contributed by atoms with van der Waals surface area (Å²) in [6, 6.07) is 20.1. The van der Waals surface area contributed by atoms with Crippen LogP contribution in [0.2, 0.25) is 0 Å². The number of carbonyl (C=O) groups excluding carboxylic acids is 1. The molecule has 6 rings (SSSR count). The Morgan fingerprint density at radius 2 is 1.79 bits per heavy atom. The summed E-state index contributed by atoms with van der Waals surface area (Å²) in [6.45, 7) is 0.899. The van der Waals surface area contributed by atoms with Gasteiger partial charge >= 0.3 is 0 Å². The van der Waals surface area contributed by atoms with Crippen molar-refractivity contribution in [2.75, 3.05) is 0 Å². The predicted molar refractivity (Wildman–Crippen MR) is 134 cm³/mol. The largest absolute Gasteiger partial charge is 0.349 e. The van der Waals surface area contributed by atoms with E-state index < -0.39 is 0 Å². The first-order valence-electron chi connectivity index (χ1n) is 11.9. The molecule has 1 unspecified atom stereocenters. The minimum absolute atomic E-state index is 0.00888. The molecule has 6 heteroatoms. The van der Waals surface area contributed by atoms with Crippen LogP contribution in [-0.4, -0.2) is 33.9 Å². The van der Waals surface area contributed by atoms with Crippen LogP contribution >= 0.6 is 11.3 Å². The van der Waals surface area contributed by atoms with E-state index >= 15 is 0 Å². The molecular formula is C28H26FN3OS. The van der Waals surface area contributed by atoms with Crippen molar-refractivity contribution in [3.05, 3.63) is 89.2 Å². The number of piperidine rings is 1. The van der Waals surface area contributed by atoms with E-state index in [9.17, 15) is 9.18 Å². The standard InChI is InChI=1S/C28H26FN3OS/c29-21-8-7-19-13-18(5-6-20(19)14-21)17-32-23-9-10-24(32)16-22(15-23)31-27(33)25-3-1-2-4-26(25)28-30-11-12-34-28/h1-8,11-14,22-24H,9-10,15-17H2,(H,31,33)/t22?,23-,24+. The highest BCUT2D eigenvalue weighted by molar-refractivity contribution is 7.13. The van der Waals surface area contributed by atoms with Gasteiger partial charge in [-0.25, -0.2) is 9.37 Å². The number of hydrogen-bond acceptors (Lipinski definition) is 4. The number of thiazole rings is 1. The molecule has 2 saturated heterocycles. The van der Waals surface area contributed by atoms with Crippen LogP contribution in [0.5, 0.6) is 0 Å². The van der Waals surface area contributed by atoms with E-state index in [1.54, 1.807) is 23.6 Å². The second-order valence-corrected chi connectivity index (χ2v) is 10.3. The van der Waals surface area contributed by atoms with Crippen molar-refractivity contribution in [2.45, 2.75) is 50.4 Å². The van der Waals surface area contributed by atoms with Crippen LogP contribution in [-0.2, 0) is 6.54 Å². The summed E-state index contributed by atoms with van der Waals surface area (Å²) >= 11 is 1.55. The fourth-order valence-electron chi connectivity index (χ4n) is 5.71. The van der Waals surface area contributed by atoms with Gasteiger partial charge in [-0.05, 0) is 66.3 Å². The van der Waals surface area contributed by atoms with E-state index in [4.69, 9.17) is 0 Å². The summed E-state index contributed by atoms with van der Waals surface area (Å²) in [4.78, 5) is 20.2. The van der Waals surface area contributed by atoms with Crippen LogP contribution in [0.3, 0.4) is 0 Å². The van der Waals surface area contributed by atoms with Gasteiger partial charge in [-0.2, -0.15) is 0 Å². The maximum absolute atomic E-state index is 13.5. The number of halogens is 1. The molecule has 0 saturated carbocycles. The van der Waals surface area contributed by atoms with E-state index in [-0.39, 0.29) is 17.8 Å². The minimum atomic E-state index is -0.198. The molecule has 0 aliphatic carbocycles. The third kappa shape index (κ3) is 4.12. The molecule has 1 N–H and O–H groups in total. The molecule has 0 spiro atoms. The molecule has 2 aliphatic rings. The number of carbonyl (C=O) groups is 1. The number of hydrogen-bond donors (Lipinski definition) is 1. The summed E-state index contributed by atoms with van der Waals surface area (Å²) in [5.74, 6) is -0.206. The lowest BCUT2D eigenvalue weighted by Gasteiger charge is -2.39. The lowest BCUT2D eigenvalue weighted by atomic mass is 9.95. The van der Waals surface area contributed by atoms with Crippen LogP contribution < -0.4 is 5.32 Å². The lowest BCUT2D eigenvalue weighted by Crippen LogP contribution is -2.50. The number of rotatable bonds is 5. The lowest BCUT2D eigenvalue weighted by molar-refractivity contribution is 0.0828. The van der Waals surface area contributed by atoms with Gasteiger partial charge in [0.25, 0.3) is 5.91 Å². The molecule has 4 aromatic rings. The molecule has 1 aromatic heterocycles. The van der Waals surface area contributed by atoms with Gasteiger partial charge < -0.3 is 5.32 Å². The normalized spacial score (nSPS) is 22.2. The Labute approximate surface area is 202 Å². The van der Waals surface area contributed by atoms with Crippen molar-refractivity contribution in [2.24, 2.45) is 0 Å². The zero-order valence-electron chi connectivity index (χ0n) is 18.8. The zero-order valence-corrected chi connectivity index (χ0v) is 19.6. The number of nitrogens with one attached hydrogen (secondary N) is 1. The molecular weight excluding hydrogens is 445 g/mol. The van der Waals surface area contributed by atoms with Crippen molar-refractivity contribution in [3.8, 4) is 10.6 Å². The maximum atomic E-state index is 13.5. The van der Waals surface area contributed by atoms with Gasteiger partial charge in [-0.15, -0.1) is 11.3 Å². The second-order valence-electron chi connectivity index (χ2n) is 9.41. The first kappa shape index (κ1) is 21.4. The number of nitrogens with zero attached hydrogens (tertiary/aromatic N) is 2. The molecule has 34 heavy (non-hydrogen) atoms. The van der Waals surface area contributed by atoms with Gasteiger partial charge in [0.05, 0.1) is 0 Å². The van der Waals surface area contributed by atoms with Gasteiger partial charge in [0.2, 0.25) is 0 Å². The third-order valence-electron chi connectivity index (χ3n) is 7.29. The topological polar surface area (TPSA) is 45.2 Å². The van der Waals surface area contributed by atoms with Gasteiger partial charge in [0, 0.05) is 47.4 Å². The molecule has 0 radical (unpaired) electrons. The van der Waals surface area contributed by atoms with Gasteiger partial charge in [0.1, 0.15) is 10.8 Å². The summed E-state index contributed by atoms with van der Waals surface area (Å²) in [5.41, 5.74) is 2.85. The maximum Gasteiger partial charge on any atom is 0.252 e. The molecule has 2 aliphatic heterocycles. The Kier molecular flexibility index (Phi) is 5.63. The molecule has 2 fully saturated rings. The van der Waals surface area contributed by atoms with E-state index in [2.05, 4.69) is 27.3 Å². The van der Waals surface area contributed by atoms with Crippen molar-refractivity contribution in [1.82, 2.24) is 15.2 Å². The first-order valence-corrected chi connectivity index (χ1v) is 12.8. The van der Waals surface area contributed by atoms with E-state index in [0.717, 1.165) is 40.7 Å². The fraction of sp³-hybridized carbons (Fsp3) is 0.286. The van der Waals surface area contributed by atoms with E-state index in [0.29, 0.717) is 17.6 Å². The van der Waals surface area contributed by atoms with Crippen LogP contribution in [0, 0.1) is 5.82 Å². The summed E-state index contributed by atoms with van der Waals surface area (Å²) in [5, 5.41) is 8.15. The van der Waals surface area contributed by atoms with Crippen LogP contribution in [0.1, 0.15) is 41.6 Å². The number of amides is 1. The number of aromatic nitrogens is 1. The molecule has 2 bridgehead atoms. The average molecular weight is 472 g/mol. The summed E-state index contributed by atoms with van der Waals surface area (Å²) in [7, 11) is 0. The van der Waals surface area contributed by atoms with Crippen molar-refractivity contribution < 1.29 is 9.18 Å². The van der Waals surface area contributed by atoms with E-state index in [1.165, 1.54) is 24.5 Å². The van der Waals surface area contributed by atoms with Crippen molar-refractivity contribution >= 4 is 28.0 Å². The van der Waals surface area contributed by atoms with Crippen molar-refractivity contribution in [3.63, 3.8) is 0 Å². The Morgan fingerprint density at radius 1 is 1.03 bits per heavy atom. The van der Waals surface area contributed by atoms with Gasteiger partial charge in [-0.3, -0.25) is 9.69 Å². The molecule has 1 amide bonds. The van der Waals surface area contributed by atoms with Gasteiger partial charge in [-0.1, -0.05) is 36.4 Å². The highest BCUT2D eigenvalue weighted by atomic mass is 32.1. The molecule has 3 heterocycles. The Balaban J connectivity index is 1.14. The van der Waals surface area contributed by atoms with Crippen molar-refractivity contribution in [1.29, 1.82) is 0 Å². The monoisotopic (exact) mass is 471 g/mol. The third-order valence-corrected chi connectivity index (χ3v) is 8.09. The Hall–Kier alpha value is -3.09. The van der Waals surface area contributed by atoms with Gasteiger partial charge in [0.15, 0.2) is 0 Å². The average Bonchev–Trinajstić information content (AvgIpc) is 3.46. The minimum Gasteiger partial charge on any atom is -0.349 e. The summed E-state index contributed by atoms with van der Waals surface area (Å²) < 4.78 is 13.5. The zero-order chi connectivity index (χ0) is 23.1. The number of fused-ring (bicyclic) bond motifs is 3. The van der Waals surface area contributed by atoms with Crippen LogP contribution in [0.15, 0.2) is 72.2 Å².